The van der Waals surface area contributed by atoms with Gasteiger partial charge in [0, 0.05) is 18.8 Å². The third kappa shape index (κ3) is 2.80. The minimum atomic E-state index is -1.64. The van der Waals surface area contributed by atoms with Gasteiger partial charge in [0.15, 0.2) is 0 Å². The zero-order valence-corrected chi connectivity index (χ0v) is 20.3. The molecule has 7 heteroatoms. The van der Waals surface area contributed by atoms with E-state index in [0.29, 0.717) is 24.2 Å². The monoisotopic (exact) mass is 459 g/mol. The summed E-state index contributed by atoms with van der Waals surface area (Å²) in [6, 6.07) is 0. The van der Waals surface area contributed by atoms with Gasteiger partial charge < -0.3 is 19.9 Å². The molecule has 4 fully saturated rings. The topological polar surface area (TPSA) is 108 Å². The summed E-state index contributed by atoms with van der Waals surface area (Å²) in [6.45, 7) is 8.02. The fraction of sp³-hybridized carbons (Fsp3) is 0.808. The Balaban J connectivity index is 1.43. The van der Waals surface area contributed by atoms with Crippen LogP contribution in [0.15, 0.2) is 11.6 Å². The van der Waals surface area contributed by atoms with Gasteiger partial charge in [0.05, 0.1) is 6.61 Å². The molecule has 33 heavy (non-hydrogen) atoms. The maximum Gasteiger partial charge on any atom is 0.351 e. The lowest BCUT2D eigenvalue weighted by molar-refractivity contribution is -0.153. The van der Waals surface area contributed by atoms with Gasteiger partial charge in [-0.3, -0.25) is 9.59 Å². The van der Waals surface area contributed by atoms with E-state index in [1.54, 1.807) is 6.92 Å². The van der Waals surface area contributed by atoms with Crippen LogP contribution < -0.4 is 5.73 Å². The van der Waals surface area contributed by atoms with Crippen molar-refractivity contribution in [3.05, 3.63) is 11.6 Å². The van der Waals surface area contributed by atoms with Crippen molar-refractivity contribution in [2.45, 2.75) is 96.4 Å². The van der Waals surface area contributed by atoms with E-state index in [4.69, 9.17) is 19.9 Å². The molecule has 182 valence electrons. The molecule has 5 aliphatic rings. The highest BCUT2D eigenvalue weighted by Crippen LogP contribution is 2.75. The van der Waals surface area contributed by atoms with Crippen LogP contribution in [-0.4, -0.2) is 41.8 Å². The summed E-state index contributed by atoms with van der Waals surface area (Å²) in [5, 5.41) is 0. The van der Waals surface area contributed by atoms with Gasteiger partial charge in [-0.25, -0.2) is 4.79 Å². The summed E-state index contributed by atoms with van der Waals surface area (Å²) in [4.78, 5) is 36.9. The van der Waals surface area contributed by atoms with Crippen molar-refractivity contribution >= 4 is 17.8 Å². The quantitative estimate of drug-likeness (QED) is 0.299. The van der Waals surface area contributed by atoms with E-state index in [-0.39, 0.29) is 29.5 Å². The summed E-state index contributed by atoms with van der Waals surface area (Å²) in [7, 11) is 0. The van der Waals surface area contributed by atoms with Gasteiger partial charge in [-0.2, -0.15) is 0 Å². The predicted octanol–water partition coefficient (Wildman–Crippen LogP) is 3.44. The van der Waals surface area contributed by atoms with Crippen molar-refractivity contribution in [1.82, 2.24) is 0 Å². The molecule has 1 aliphatic heterocycles. The summed E-state index contributed by atoms with van der Waals surface area (Å²) in [5.41, 5.74) is 4.57. The Bertz CT molecular complexity index is 930. The Morgan fingerprint density at radius 3 is 2.52 bits per heavy atom. The third-order valence-electron chi connectivity index (χ3n) is 10.3. The van der Waals surface area contributed by atoms with Crippen LogP contribution in [0.1, 0.15) is 79.1 Å². The first kappa shape index (κ1) is 22.9. The molecule has 3 saturated carbocycles. The number of carbonyl (C=O) groups is 3. The summed E-state index contributed by atoms with van der Waals surface area (Å²) in [6.07, 6.45) is 9.68. The molecule has 0 aromatic heterocycles. The highest BCUT2D eigenvalue weighted by Gasteiger charge is 2.88. The number of fused-ring (bicyclic) bond motifs is 6. The van der Waals surface area contributed by atoms with Crippen LogP contribution in [0, 0.1) is 28.6 Å². The Kier molecular flexibility index (Phi) is 5.06. The average molecular weight is 460 g/mol. The largest absolute Gasteiger partial charge is 0.463 e. The van der Waals surface area contributed by atoms with E-state index in [1.165, 1.54) is 12.5 Å². The molecular weight excluding hydrogens is 422 g/mol. The Hall–Kier alpha value is -1.89. The van der Waals surface area contributed by atoms with Crippen molar-refractivity contribution in [2.75, 3.05) is 6.61 Å². The first-order valence-electron chi connectivity index (χ1n) is 12.6. The van der Waals surface area contributed by atoms with Gasteiger partial charge >= 0.3 is 11.9 Å². The molecular formula is C26H37NO6. The third-order valence-corrected chi connectivity index (χ3v) is 10.3. The minimum Gasteiger partial charge on any atom is -0.463 e. The first-order chi connectivity index (χ1) is 15.6. The van der Waals surface area contributed by atoms with Crippen LogP contribution in [0.2, 0.25) is 0 Å². The van der Waals surface area contributed by atoms with E-state index in [2.05, 4.69) is 19.9 Å². The Labute approximate surface area is 195 Å². The molecule has 0 aromatic rings. The molecule has 1 heterocycles. The van der Waals surface area contributed by atoms with Crippen LogP contribution in [0.25, 0.3) is 0 Å². The number of ether oxygens (including phenoxy) is 3. The molecule has 1 saturated heterocycles. The van der Waals surface area contributed by atoms with Crippen LogP contribution in [-0.2, 0) is 28.6 Å². The normalized spacial score (nSPS) is 47.6. The lowest BCUT2D eigenvalue weighted by Gasteiger charge is -2.57. The molecule has 0 radical (unpaired) electrons. The molecule has 7 nitrogen and oxygen atoms in total. The summed E-state index contributed by atoms with van der Waals surface area (Å²) >= 11 is 0. The number of rotatable bonds is 4. The molecule has 0 unspecified atom stereocenters. The van der Waals surface area contributed by atoms with Gasteiger partial charge in [-0.05, 0) is 75.0 Å². The zero-order valence-electron chi connectivity index (χ0n) is 20.3. The van der Waals surface area contributed by atoms with Crippen LogP contribution >= 0.6 is 0 Å². The summed E-state index contributed by atoms with van der Waals surface area (Å²) in [5.74, 6) is -0.138. The number of epoxide rings is 1. The maximum atomic E-state index is 12.9. The Morgan fingerprint density at radius 2 is 1.85 bits per heavy atom. The number of esters is 2. The molecule has 5 rings (SSSR count). The standard InChI is InChI=1S/C26H37NO6/c1-5-31-22(30)26(21(27)29)25(33-26)13-10-20-18-7-6-16-14-17(32-15(2)28)8-11-23(16,3)19(18)9-12-24(20,25)4/h6,17-20H,5,7-14H2,1-4H3,(H2,27,29)/t17-,18-,19+,20-,23+,24+,25-,26+/m1/s1. The molecule has 1 spiro atoms. The van der Waals surface area contributed by atoms with Crippen molar-refractivity contribution in [1.29, 1.82) is 0 Å². The smallest absolute Gasteiger partial charge is 0.351 e. The fourth-order valence-electron chi connectivity index (χ4n) is 8.73. The zero-order chi connectivity index (χ0) is 23.8. The van der Waals surface area contributed by atoms with E-state index < -0.39 is 23.1 Å². The van der Waals surface area contributed by atoms with E-state index in [0.717, 1.165) is 44.9 Å². The number of carbonyl (C=O) groups excluding carboxylic acids is 3. The van der Waals surface area contributed by atoms with E-state index in [1.807, 2.05) is 0 Å². The summed E-state index contributed by atoms with van der Waals surface area (Å²) < 4.78 is 17.0. The molecule has 0 bridgehead atoms. The lowest BCUT2D eigenvalue weighted by Crippen LogP contribution is -2.56. The van der Waals surface area contributed by atoms with Crippen molar-refractivity contribution in [3.63, 3.8) is 0 Å². The van der Waals surface area contributed by atoms with E-state index in [9.17, 15) is 14.4 Å². The average Bonchev–Trinajstić information content (AvgIpc) is 3.36. The van der Waals surface area contributed by atoms with Crippen molar-refractivity contribution in [3.8, 4) is 0 Å². The van der Waals surface area contributed by atoms with Crippen molar-refractivity contribution in [2.24, 2.45) is 34.3 Å². The maximum absolute atomic E-state index is 12.9. The van der Waals surface area contributed by atoms with Crippen LogP contribution in [0.3, 0.4) is 0 Å². The van der Waals surface area contributed by atoms with Gasteiger partial charge in [-0.15, -0.1) is 0 Å². The highest BCUT2D eigenvalue weighted by atomic mass is 16.7. The minimum absolute atomic E-state index is 0.0115. The van der Waals surface area contributed by atoms with E-state index >= 15 is 0 Å². The number of amides is 1. The second-order valence-electron chi connectivity index (χ2n) is 11.4. The second-order valence-corrected chi connectivity index (χ2v) is 11.4. The Morgan fingerprint density at radius 1 is 1.12 bits per heavy atom. The first-order valence-corrected chi connectivity index (χ1v) is 12.6. The van der Waals surface area contributed by atoms with Gasteiger partial charge in [0.2, 0.25) is 0 Å². The molecule has 0 aromatic carbocycles. The number of hydrogen-bond acceptors (Lipinski definition) is 6. The number of primary amides is 1. The van der Waals surface area contributed by atoms with Gasteiger partial charge in [-0.1, -0.05) is 25.5 Å². The number of hydrogen-bond donors (Lipinski definition) is 1. The predicted molar refractivity (Wildman–Crippen MR) is 120 cm³/mol. The molecule has 8 atom stereocenters. The number of allylic oxidation sites excluding steroid dienone is 1. The second kappa shape index (κ2) is 7.30. The lowest BCUT2D eigenvalue weighted by atomic mass is 9.47. The van der Waals surface area contributed by atoms with Crippen LogP contribution in [0.5, 0.6) is 0 Å². The van der Waals surface area contributed by atoms with Crippen LogP contribution in [0.4, 0.5) is 0 Å². The molecule has 2 N–H and O–H groups in total. The highest BCUT2D eigenvalue weighted by molar-refractivity contribution is 6.10. The van der Waals surface area contributed by atoms with Gasteiger partial charge in [0.25, 0.3) is 11.5 Å². The molecule has 1 amide bonds. The van der Waals surface area contributed by atoms with Gasteiger partial charge in [0.1, 0.15) is 11.7 Å². The number of nitrogens with two attached hydrogens (primary N) is 1. The van der Waals surface area contributed by atoms with Crippen molar-refractivity contribution < 1.29 is 28.6 Å². The molecule has 4 aliphatic carbocycles. The SMILES string of the molecule is CCOC(=O)[C@]1(C(N)=O)O[C@@]12CC[C@@H]1[C@@H]3CC=C4C[C@H](OC(C)=O)CC[C@]4(C)[C@H]3CC[C@@]12C. The fourth-order valence-corrected chi connectivity index (χ4v) is 8.73.